The molecule has 20 heavy (non-hydrogen) atoms. The zero-order valence-corrected chi connectivity index (χ0v) is 12.6. The predicted molar refractivity (Wildman–Crippen MR) is 85.2 cm³/mol. The molecule has 2 fully saturated rings. The van der Waals surface area contributed by atoms with Crippen LogP contribution >= 0.6 is 0 Å². The van der Waals surface area contributed by atoms with Crippen molar-refractivity contribution < 1.29 is 0 Å². The molecule has 0 amide bonds. The van der Waals surface area contributed by atoms with Crippen LogP contribution in [0.1, 0.15) is 26.2 Å². The largest absolute Gasteiger partial charge is 0.383 e. The van der Waals surface area contributed by atoms with Crippen molar-refractivity contribution in [2.24, 2.45) is 0 Å². The van der Waals surface area contributed by atoms with E-state index in [9.17, 15) is 0 Å². The third kappa shape index (κ3) is 3.15. The number of piperazine rings is 1. The Hall–Kier alpha value is -1.06. The molecule has 1 aliphatic carbocycles. The molecule has 3 nitrogen and oxygen atoms in total. The Labute approximate surface area is 123 Å². The molecule has 0 bridgehead atoms. The van der Waals surface area contributed by atoms with Crippen LogP contribution in [0.4, 0.5) is 5.69 Å². The molecule has 1 saturated heterocycles. The molecule has 0 spiro atoms. The highest BCUT2D eigenvalue weighted by Crippen LogP contribution is 2.42. The predicted octanol–water partition coefficient (Wildman–Crippen LogP) is 2.66. The van der Waals surface area contributed by atoms with Crippen molar-refractivity contribution in [1.82, 2.24) is 9.80 Å². The Morgan fingerprint density at radius 3 is 2.35 bits per heavy atom. The number of nitrogens with one attached hydrogen (secondary N) is 1. The first-order valence-corrected chi connectivity index (χ1v) is 8.09. The maximum Gasteiger partial charge on any atom is 0.0384 e. The molecule has 0 atom stereocenters. The molecule has 3 rings (SSSR count). The van der Waals surface area contributed by atoms with E-state index in [-0.39, 0.29) is 0 Å². The number of hydrogen-bond donors (Lipinski definition) is 1. The summed E-state index contributed by atoms with van der Waals surface area (Å²) in [5.74, 6) is 0. The summed E-state index contributed by atoms with van der Waals surface area (Å²) < 4.78 is 0. The van der Waals surface area contributed by atoms with Gasteiger partial charge in [0.2, 0.25) is 0 Å². The molecule has 0 aromatic heterocycles. The summed E-state index contributed by atoms with van der Waals surface area (Å²) in [4.78, 5) is 5.34. The number of rotatable bonds is 6. The van der Waals surface area contributed by atoms with E-state index in [2.05, 4.69) is 52.4 Å². The van der Waals surface area contributed by atoms with Crippen molar-refractivity contribution in [3.63, 3.8) is 0 Å². The average molecular weight is 273 g/mol. The molecule has 0 unspecified atom stereocenters. The SMILES string of the molecule is CCCN1CCN(C2(CNc3ccccc3)CC2)CC1. The Kier molecular flexibility index (Phi) is 4.27. The normalized spacial score (nSPS) is 22.6. The molecule has 1 heterocycles. The standard InChI is InChI=1S/C17H27N3/c1-2-10-19-11-13-20(14-12-19)17(8-9-17)15-18-16-6-4-3-5-7-16/h3-7,18H,2,8-15H2,1H3. The monoisotopic (exact) mass is 273 g/mol. The van der Waals surface area contributed by atoms with Gasteiger partial charge in [-0.05, 0) is 37.9 Å². The Morgan fingerprint density at radius 2 is 1.75 bits per heavy atom. The van der Waals surface area contributed by atoms with Crippen LogP contribution in [0, 0.1) is 0 Å². The van der Waals surface area contributed by atoms with Gasteiger partial charge in [0.05, 0.1) is 0 Å². The third-order valence-electron chi connectivity index (χ3n) is 4.81. The van der Waals surface area contributed by atoms with Crippen LogP contribution in [0.5, 0.6) is 0 Å². The second-order valence-electron chi connectivity index (χ2n) is 6.27. The van der Waals surface area contributed by atoms with Gasteiger partial charge in [-0.2, -0.15) is 0 Å². The van der Waals surface area contributed by atoms with E-state index in [0.717, 1.165) is 6.54 Å². The average Bonchev–Trinajstić information content (AvgIpc) is 3.29. The number of nitrogens with zero attached hydrogens (tertiary/aromatic N) is 2. The van der Waals surface area contributed by atoms with Crippen molar-refractivity contribution in [2.45, 2.75) is 31.7 Å². The molecule has 1 aliphatic heterocycles. The third-order valence-corrected chi connectivity index (χ3v) is 4.81. The molecule has 1 aromatic carbocycles. The van der Waals surface area contributed by atoms with Crippen molar-refractivity contribution in [2.75, 3.05) is 44.6 Å². The van der Waals surface area contributed by atoms with Gasteiger partial charge < -0.3 is 10.2 Å². The lowest BCUT2D eigenvalue weighted by atomic mass is 10.1. The summed E-state index contributed by atoms with van der Waals surface area (Å²) in [6, 6.07) is 10.6. The van der Waals surface area contributed by atoms with Crippen LogP contribution in [0.25, 0.3) is 0 Å². The minimum absolute atomic E-state index is 0.453. The number of hydrogen-bond acceptors (Lipinski definition) is 3. The first kappa shape index (κ1) is 13.9. The molecule has 1 aromatic rings. The van der Waals surface area contributed by atoms with Gasteiger partial charge in [0, 0.05) is 44.0 Å². The van der Waals surface area contributed by atoms with E-state index < -0.39 is 0 Å². The fourth-order valence-electron chi connectivity index (χ4n) is 3.33. The Balaban J connectivity index is 1.50. The van der Waals surface area contributed by atoms with Gasteiger partial charge in [-0.25, -0.2) is 0 Å². The number of benzene rings is 1. The number of para-hydroxylation sites is 1. The first-order chi connectivity index (χ1) is 9.82. The molecule has 3 heteroatoms. The van der Waals surface area contributed by atoms with E-state index in [1.54, 1.807) is 0 Å². The van der Waals surface area contributed by atoms with Gasteiger partial charge in [0.25, 0.3) is 0 Å². The van der Waals surface area contributed by atoms with Crippen LogP contribution in [0.15, 0.2) is 30.3 Å². The Morgan fingerprint density at radius 1 is 1.05 bits per heavy atom. The minimum Gasteiger partial charge on any atom is -0.383 e. The summed E-state index contributed by atoms with van der Waals surface area (Å²) in [5.41, 5.74) is 1.71. The quantitative estimate of drug-likeness (QED) is 0.859. The van der Waals surface area contributed by atoms with Gasteiger partial charge in [-0.3, -0.25) is 4.90 Å². The van der Waals surface area contributed by atoms with Crippen LogP contribution in [-0.2, 0) is 0 Å². The maximum absolute atomic E-state index is 3.63. The topological polar surface area (TPSA) is 18.5 Å². The van der Waals surface area contributed by atoms with Gasteiger partial charge in [-0.1, -0.05) is 25.1 Å². The fourth-order valence-corrected chi connectivity index (χ4v) is 3.33. The first-order valence-electron chi connectivity index (χ1n) is 8.09. The molecule has 2 aliphatic rings. The van der Waals surface area contributed by atoms with Crippen LogP contribution < -0.4 is 5.32 Å². The zero-order chi connectivity index (χ0) is 13.8. The molecule has 1 N–H and O–H groups in total. The molecule has 1 saturated carbocycles. The zero-order valence-electron chi connectivity index (χ0n) is 12.6. The van der Waals surface area contributed by atoms with Crippen LogP contribution in [-0.4, -0.2) is 54.6 Å². The smallest absolute Gasteiger partial charge is 0.0384 e. The van der Waals surface area contributed by atoms with Crippen molar-refractivity contribution >= 4 is 5.69 Å². The summed E-state index contributed by atoms with van der Waals surface area (Å²) in [6.45, 7) is 9.64. The summed E-state index contributed by atoms with van der Waals surface area (Å²) in [7, 11) is 0. The maximum atomic E-state index is 3.63. The highest BCUT2D eigenvalue weighted by atomic mass is 15.3. The highest BCUT2D eigenvalue weighted by molar-refractivity contribution is 5.43. The van der Waals surface area contributed by atoms with Gasteiger partial charge in [0.1, 0.15) is 0 Å². The van der Waals surface area contributed by atoms with E-state index in [1.807, 2.05) is 0 Å². The summed E-state index contributed by atoms with van der Waals surface area (Å²) in [6.07, 6.45) is 4.00. The molecule has 0 radical (unpaired) electrons. The van der Waals surface area contributed by atoms with E-state index in [0.29, 0.717) is 5.54 Å². The van der Waals surface area contributed by atoms with Crippen molar-refractivity contribution in [1.29, 1.82) is 0 Å². The van der Waals surface area contributed by atoms with E-state index in [4.69, 9.17) is 0 Å². The van der Waals surface area contributed by atoms with Gasteiger partial charge in [0.15, 0.2) is 0 Å². The second-order valence-corrected chi connectivity index (χ2v) is 6.27. The molecular formula is C17H27N3. The lowest BCUT2D eigenvalue weighted by Gasteiger charge is -2.40. The van der Waals surface area contributed by atoms with E-state index >= 15 is 0 Å². The van der Waals surface area contributed by atoms with Crippen molar-refractivity contribution in [3.05, 3.63) is 30.3 Å². The van der Waals surface area contributed by atoms with Gasteiger partial charge >= 0.3 is 0 Å². The lowest BCUT2D eigenvalue weighted by molar-refractivity contribution is 0.0897. The number of anilines is 1. The summed E-state index contributed by atoms with van der Waals surface area (Å²) in [5, 5.41) is 3.63. The lowest BCUT2D eigenvalue weighted by Crippen LogP contribution is -2.53. The molecular weight excluding hydrogens is 246 g/mol. The van der Waals surface area contributed by atoms with Gasteiger partial charge in [-0.15, -0.1) is 0 Å². The molecule has 110 valence electrons. The van der Waals surface area contributed by atoms with E-state index in [1.165, 1.54) is 57.7 Å². The minimum atomic E-state index is 0.453. The highest BCUT2D eigenvalue weighted by Gasteiger charge is 2.48. The van der Waals surface area contributed by atoms with Crippen LogP contribution in [0.3, 0.4) is 0 Å². The fraction of sp³-hybridized carbons (Fsp3) is 0.647. The van der Waals surface area contributed by atoms with Crippen molar-refractivity contribution in [3.8, 4) is 0 Å². The Bertz CT molecular complexity index is 406. The summed E-state index contributed by atoms with van der Waals surface area (Å²) >= 11 is 0. The van der Waals surface area contributed by atoms with Crippen LogP contribution in [0.2, 0.25) is 0 Å². The second kappa shape index (κ2) is 6.15.